The number of amides is 1. The molecular formula is C29H34N8O2. The molecule has 1 atom stereocenters. The zero-order valence-electron chi connectivity index (χ0n) is 23.0. The zero-order chi connectivity index (χ0) is 27.3. The number of morpholine rings is 1. The van der Waals surface area contributed by atoms with Crippen LogP contribution in [0.25, 0.3) is 22.3 Å². The summed E-state index contributed by atoms with van der Waals surface area (Å²) in [6.45, 7) is 7.12. The molecule has 202 valence electrons. The van der Waals surface area contributed by atoms with E-state index in [0.29, 0.717) is 30.2 Å². The van der Waals surface area contributed by atoms with E-state index >= 15 is 0 Å². The normalized spacial score (nSPS) is 17.5. The molecule has 0 spiro atoms. The molecule has 1 saturated heterocycles. The minimum atomic E-state index is -0.117. The molecule has 4 aromatic heterocycles. The van der Waals surface area contributed by atoms with E-state index < -0.39 is 0 Å². The molecular weight excluding hydrogens is 492 g/mol. The second-order valence-electron chi connectivity index (χ2n) is 11.0. The lowest BCUT2D eigenvalue weighted by molar-refractivity contribution is -0.0484. The summed E-state index contributed by atoms with van der Waals surface area (Å²) >= 11 is 0. The lowest BCUT2D eigenvalue weighted by atomic mass is 9.94. The first kappa shape index (κ1) is 25.3. The van der Waals surface area contributed by atoms with Gasteiger partial charge < -0.3 is 29.7 Å². The van der Waals surface area contributed by atoms with Gasteiger partial charge in [-0.25, -0.2) is 9.97 Å². The van der Waals surface area contributed by atoms with Crippen LogP contribution < -0.4 is 15.5 Å². The van der Waals surface area contributed by atoms with E-state index in [4.69, 9.17) is 9.72 Å². The highest BCUT2D eigenvalue weighted by molar-refractivity contribution is 6.06. The van der Waals surface area contributed by atoms with Crippen LogP contribution in [0.2, 0.25) is 0 Å². The SMILES string of the molecule is CN(C)C(C)(C)C1CN(c2ccc(Nc3cnc(-c4ccnc5c4ccn5C)c4c3C(=O)NC4)nc2)CCO1. The number of rotatable bonds is 6. The van der Waals surface area contributed by atoms with E-state index in [0.717, 1.165) is 46.6 Å². The van der Waals surface area contributed by atoms with Gasteiger partial charge >= 0.3 is 0 Å². The van der Waals surface area contributed by atoms with Crippen molar-refractivity contribution in [3.8, 4) is 11.3 Å². The van der Waals surface area contributed by atoms with Gasteiger partial charge in [-0.3, -0.25) is 9.78 Å². The standard InChI is InChI=1S/C29H34N8O2/c1-29(2,35(3)4)23-17-37(12-13-39-23)18-6-7-24(31-14-18)34-22-16-32-26(21-15-33-28(38)25(21)22)19-8-10-30-27-20(19)9-11-36(27)5/h6-11,14,16,23H,12-13,15,17H2,1-5H3,(H,31,34)(H,33,38). The van der Waals surface area contributed by atoms with Crippen molar-refractivity contribution in [2.75, 3.05) is 44.0 Å². The molecule has 2 aliphatic rings. The Morgan fingerprint density at radius 1 is 1.13 bits per heavy atom. The molecule has 0 bridgehead atoms. The van der Waals surface area contributed by atoms with Gasteiger partial charge in [0.1, 0.15) is 11.5 Å². The predicted molar refractivity (Wildman–Crippen MR) is 152 cm³/mol. The Balaban J connectivity index is 1.26. The highest BCUT2D eigenvalue weighted by Crippen LogP contribution is 2.36. The topological polar surface area (TPSA) is 100 Å². The Kier molecular flexibility index (Phi) is 6.23. The Bertz CT molecular complexity index is 1540. The van der Waals surface area contributed by atoms with E-state index in [1.54, 1.807) is 12.4 Å². The van der Waals surface area contributed by atoms with Crippen molar-refractivity contribution in [3.63, 3.8) is 0 Å². The van der Waals surface area contributed by atoms with E-state index in [1.165, 1.54) is 0 Å². The van der Waals surface area contributed by atoms with Crippen LogP contribution >= 0.6 is 0 Å². The highest BCUT2D eigenvalue weighted by atomic mass is 16.5. The molecule has 4 aromatic rings. The summed E-state index contributed by atoms with van der Waals surface area (Å²) in [6.07, 6.45) is 7.45. The lowest BCUT2D eigenvalue weighted by Gasteiger charge is -2.45. The molecule has 1 amide bonds. The van der Waals surface area contributed by atoms with Crippen LogP contribution in [0.4, 0.5) is 17.2 Å². The number of ether oxygens (including phenoxy) is 1. The number of aromatic nitrogens is 4. The maximum absolute atomic E-state index is 12.9. The lowest BCUT2D eigenvalue weighted by Crippen LogP contribution is -2.57. The third-order valence-electron chi connectivity index (χ3n) is 8.24. The van der Waals surface area contributed by atoms with Crippen molar-refractivity contribution in [3.05, 3.63) is 60.2 Å². The Labute approximate surface area is 228 Å². The van der Waals surface area contributed by atoms with Crippen LogP contribution in [-0.2, 0) is 18.3 Å². The predicted octanol–water partition coefficient (Wildman–Crippen LogP) is 3.56. The van der Waals surface area contributed by atoms with Gasteiger partial charge in [0.25, 0.3) is 5.91 Å². The number of fused-ring (bicyclic) bond motifs is 2. The number of hydrogen-bond acceptors (Lipinski definition) is 8. The van der Waals surface area contributed by atoms with Crippen LogP contribution in [0, 0.1) is 0 Å². The highest BCUT2D eigenvalue weighted by Gasteiger charge is 2.36. The average molecular weight is 527 g/mol. The summed E-state index contributed by atoms with van der Waals surface area (Å²) in [5, 5.41) is 7.31. The molecule has 6 heterocycles. The number of aryl methyl sites for hydroxylation is 1. The van der Waals surface area contributed by atoms with Gasteiger partial charge in [-0.2, -0.15) is 0 Å². The van der Waals surface area contributed by atoms with Crippen molar-refractivity contribution in [2.45, 2.75) is 32.0 Å². The van der Waals surface area contributed by atoms with Crippen LogP contribution in [-0.4, -0.2) is 75.8 Å². The smallest absolute Gasteiger partial charge is 0.254 e. The fraction of sp³-hybridized carbons (Fsp3) is 0.379. The van der Waals surface area contributed by atoms with Crippen molar-refractivity contribution in [1.29, 1.82) is 0 Å². The van der Waals surface area contributed by atoms with Gasteiger partial charge in [0, 0.05) is 61.1 Å². The number of anilines is 3. The minimum absolute atomic E-state index is 0.0854. The fourth-order valence-electron chi connectivity index (χ4n) is 5.32. The van der Waals surface area contributed by atoms with Gasteiger partial charge in [-0.15, -0.1) is 0 Å². The van der Waals surface area contributed by atoms with E-state index in [2.05, 4.69) is 64.4 Å². The molecule has 2 N–H and O–H groups in total. The van der Waals surface area contributed by atoms with E-state index in [-0.39, 0.29) is 17.6 Å². The third-order valence-corrected chi connectivity index (χ3v) is 8.24. The first-order chi connectivity index (χ1) is 18.7. The molecule has 6 rings (SSSR count). The second kappa shape index (κ2) is 9.62. The van der Waals surface area contributed by atoms with Crippen LogP contribution in [0.1, 0.15) is 29.8 Å². The quantitative estimate of drug-likeness (QED) is 0.393. The first-order valence-corrected chi connectivity index (χ1v) is 13.2. The number of pyridine rings is 3. The molecule has 10 nitrogen and oxygen atoms in total. The molecule has 0 aliphatic carbocycles. The molecule has 0 radical (unpaired) electrons. The summed E-state index contributed by atoms with van der Waals surface area (Å²) in [6, 6.07) is 7.99. The van der Waals surface area contributed by atoms with Crippen molar-refractivity contribution >= 4 is 34.1 Å². The van der Waals surface area contributed by atoms with Crippen molar-refractivity contribution in [2.24, 2.45) is 7.05 Å². The molecule has 10 heteroatoms. The molecule has 0 aromatic carbocycles. The second-order valence-corrected chi connectivity index (χ2v) is 11.0. The Morgan fingerprint density at radius 2 is 1.97 bits per heavy atom. The number of likely N-dealkylation sites (N-methyl/N-ethyl adjacent to an activating group) is 1. The van der Waals surface area contributed by atoms with E-state index in [9.17, 15) is 4.79 Å². The van der Waals surface area contributed by atoms with Crippen molar-refractivity contribution < 1.29 is 9.53 Å². The van der Waals surface area contributed by atoms with Gasteiger partial charge in [0.15, 0.2) is 0 Å². The zero-order valence-corrected chi connectivity index (χ0v) is 23.0. The van der Waals surface area contributed by atoms with Gasteiger partial charge in [0.05, 0.1) is 47.7 Å². The van der Waals surface area contributed by atoms with E-state index in [1.807, 2.05) is 42.2 Å². The third kappa shape index (κ3) is 4.39. The van der Waals surface area contributed by atoms with Crippen molar-refractivity contribution in [1.82, 2.24) is 29.7 Å². The number of nitrogens with one attached hydrogen (secondary N) is 2. The largest absolute Gasteiger partial charge is 0.373 e. The summed E-state index contributed by atoms with van der Waals surface area (Å²) < 4.78 is 8.09. The maximum Gasteiger partial charge on any atom is 0.254 e. The summed E-state index contributed by atoms with van der Waals surface area (Å²) in [5.74, 6) is 0.539. The minimum Gasteiger partial charge on any atom is -0.373 e. The number of nitrogens with zero attached hydrogens (tertiary/aromatic N) is 6. The molecule has 39 heavy (non-hydrogen) atoms. The molecule has 1 fully saturated rings. The van der Waals surface area contributed by atoms with Crippen LogP contribution in [0.3, 0.4) is 0 Å². The van der Waals surface area contributed by atoms with Gasteiger partial charge in [-0.1, -0.05) is 0 Å². The van der Waals surface area contributed by atoms with Crippen LogP contribution in [0.15, 0.2) is 49.1 Å². The molecule has 2 aliphatic heterocycles. The monoisotopic (exact) mass is 526 g/mol. The number of carbonyl (C=O) groups is 1. The molecule has 1 unspecified atom stereocenters. The van der Waals surface area contributed by atoms with Gasteiger partial charge in [0.2, 0.25) is 0 Å². The Hall–Kier alpha value is -4.02. The average Bonchev–Trinajstić information content (AvgIpc) is 3.52. The summed E-state index contributed by atoms with van der Waals surface area (Å²) in [7, 11) is 6.14. The maximum atomic E-state index is 12.9. The first-order valence-electron chi connectivity index (χ1n) is 13.2. The van der Waals surface area contributed by atoms with Crippen LogP contribution in [0.5, 0.6) is 0 Å². The summed E-state index contributed by atoms with van der Waals surface area (Å²) in [5.41, 5.74) is 5.71. The Morgan fingerprint density at radius 3 is 2.74 bits per heavy atom. The fourth-order valence-corrected chi connectivity index (χ4v) is 5.32. The van der Waals surface area contributed by atoms with Gasteiger partial charge in [-0.05, 0) is 52.2 Å². The number of hydrogen-bond donors (Lipinski definition) is 2. The summed E-state index contributed by atoms with van der Waals surface area (Å²) in [4.78, 5) is 31.4. The molecule has 0 saturated carbocycles. The number of carbonyl (C=O) groups excluding carboxylic acids is 1.